The first kappa shape index (κ1) is 21.9. The maximum absolute atomic E-state index is 13.2. The number of rotatable bonds is 5. The van der Waals surface area contributed by atoms with Gasteiger partial charge in [0.15, 0.2) is 0 Å². The minimum Gasteiger partial charge on any atom is -0.369 e. The first-order valence-corrected chi connectivity index (χ1v) is 10.8. The molecule has 0 fully saturated rings. The van der Waals surface area contributed by atoms with Gasteiger partial charge in [-0.05, 0) is 36.8 Å². The van der Waals surface area contributed by atoms with Gasteiger partial charge >= 0.3 is 0 Å². The van der Waals surface area contributed by atoms with Gasteiger partial charge in [-0.15, -0.1) is 0 Å². The number of benzene rings is 2. The van der Waals surface area contributed by atoms with Crippen molar-refractivity contribution in [3.63, 3.8) is 0 Å². The van der Waals surface area contributed by atoms with Crippen molar-refractivity contribution in [1.29, 1.82) is 0 Å². The van der Waals surface area contributed by atoms with E-state index >= 15 is 0 Å². The Balaban J connectivity index is 1.42. The molecule has 4 amide bonds. The van der Waals surface area contributed by atoms with Crippen LogP contribution in [0.4, 0.5) is 17.5 Å². The molecule has 174 valence electrons. The van der Waals surface area contributed by atoms with E-state index in [1.54, 1.807) is 30.3 Å². The Morgan fingerprint density at radius 3 is 2.63 bits per heavy atom. The van der Waals surface area contributed by atoms with Crippen molar-refractivity contribution in [2.24, 2.45) is 4.99 Å². The molecule has 2 aliphatic heterocycles. The van der Waals surface area contributed by atoms with Crippen molar-refractivity contribution in [1.82, 2.24) is 15.3 Å². The molecule has 0 atom stereocenters. The van der Waals surface area contributed by atoms with E-state index in [4.69, 9.17) is 0 Å². The Labute approximate surface area is 199 Å². The molecule has 2 aromatic carbocycles. The zero-order valence-electron chi connectivity index (χ0n) is 18.5. The highest BCUT2D eigenvalue weighted by molar-refractivity contribution is 6.15. The van der Waals surface area contributed by atoms with E-state index in [9.17, 15) is 19.2 Å². The SMILES string of the molecule is CNC(=O)c1ccccc1NC(=O)c1nc(NC(=O)c2ccc3c(c2)C=NC3=O)nc2c1CCN2. The van der Waals surface area contributed by atoms with Crippen molar-refractivity contribution in [2.45, 2.75) is 6.42 Å². The fourth-order valence-electron chi connectivity index (χ4n) is 3.90. The van der Waals surface area contributed by atoms with Crippen LogP contribution in [-0.2, 0) is 6.42 Å². The van der Waals surface area contributed by atoms with E-state index in [-0.39, 0.29) is 29.0 Å². The molecule has 0 spiro atoms. The van der Waals surface area contributed by atoms with Gasteiger partial charge in [0, 0.05) is 36.5 Å². The number of nitrogens with zero attached hydrogens (tertiary/aromatic N) is 3. The Morgan fingerprint density at radius 2 is 1.80 bits per heavy atom. The summed E-state index contributed by atoms with van der Waals surface area (Å²) in [6, 6.07) is 11.2. The van der Waals surface area contributed by atoms with Crippen LogP contribution in [0.25, 0.3) is 0 Å². The number of carbonyl (C=O) groups is 4. The predicted molar refractivity (Wildman–Crippen MR) is 128 cm³/mol. The number of aromatic nitrogens is 2. The van der Waals surface area contributed by atoms with Crippen LogP contribution in [-0.4, -0.2) is 53.4 Å². The van der Waals surface area contributed by atoms with E-state index in [2.05, 4.69) is 36.2 Å². The van der Waals surface area contributed by atoms with Gasteiger partial charge in [-0.3, -0.25) is 24.5 Å². The minimum absolute atomic E-state index is 0.0573. The quantitative estimate of drug-likeness (QED) is 0.445. The van der Waals surface area contributed by atoms with Crippen molar-refractivity contribution in [3.8, 4) is 0 Å². The number of hydrogen-bond acceptors (Lipinski definition) is 7. The first-order chi connectivity index (χ1) is 16.9. The molecule has 0 aliphatic carbocycles. The summed E-state index contributed by atoms with van der Waals surface area (Å²) in [4.78, 5) is 62.2. The van der Waals surface area contributed by atoms with E-state index in [1.807, 2.05) is 0 Å². The van der Waals surface area contributed by atoms with Gasteiger partial charge in [-0.2, -0.15) is 4.98 Å². The Kier molecular flexibility index (Phi) is 5.49. The standard InChI is InChI=1S/C24H19N7O4/c1-25-21(33)15-4-2-3-5-17(15)28-23(35)18-16-8-9-26-19(16)30-24(29-18)31-20(32)12-6-7-14-13(10-12)11-27-22(14)34/h2-7,10-11H,8-9H2,1H3,(H,25,33)(H,28,35)(H2,26,29,30,31,32). The zero-order chi connectivity index (χ0) is 24.5. The molecule has 11 nitrogen and oxygen atoms in total. The molecule has 11 heteroatoms. The fraction of sp³-hybridized carbons (Fsp3) is 0.125. The molecule has 3 aromatic rings. The molecular formula is C24H19N7O4. The van der Waals surface area contributed by atoms with Gasteiger partial charge < -0.3 is 16.0 Å². The molecule has 0 unspecified atom stereocenters. The highest BCUT2D eigenvalue weighted by Gasteiger charge is 2.25. The monoisotopic (exact) mass is 469 g/mol. The maximum Gasteiger partial charge on any atom is 0.277 e. The second-order valence-corrected chi connectivity index (χ2v) is 7.80. The third-order valence-corrected chi connectivity index (χ3v) is 5.63. The number of fused-ring (bicyclic) bond motifs is 2. The molecule has 0 radical (unpaired) electrons. The normalized spacial score (nSPS) is 13.0. The predicted octanol–water partition coefficient (Wildman–Crippen LogP) is 1.88. The maximum atomic E-state index is 13.2. The fourth-order valence-corrected chi connectivity index (χ4v) is 3.90. The van der Waals surface area contributed by atoms with Gasteiger partial charge in [-0.1, -0.05) is 12.1 Å². The lowest BCUT2D eigenvalue weighted by Crippen LogP contribution is -2.23. The first-order valence-electron chi connectivity index (χ1n) is 10.8. The van der Waals surface area contributed by atoms with Gasteiger partial charge in [0.25, 0.3) is 23.6 Å². The molecule has 0 bridgehead atoms. The van der Waals surface area contributed by atoms with Crippen LogP contribution in [0.3, 0.4) is 0 Å². The third-order valence-electron chi connectivity index (χ3n) is 5.63. The Bertz CT molecular complexity index is 1450. The van der Waals surface area contributed by atoms with Crippen molar-refractivity contribution >= 4 is 47.3 Å². The molecule has 35 heavy (non-hydrogen) atoms. The number of carbonyl (C=O) groups excluding carboxylic acids is 4. The van der Waals surface area contributed by atoms with Gasteiger partial charge in [0.2, 0.25) is 5.95 Å². The zero-order valence-corrected chi connectivity index (χ0v) is 18.5. The summed E-state index contributed by atoms with van der Waals surface area (Å²) < 4.78 is 0. The highest BCUT2D eigenvalue weighted by Crippen LogP contribution is 2.26. The highest BCUT2D eigenvalue weighted by atomic mass is 16.2. The number of hydrogen-bond donors (Lipinski definition) is 4. The summed E-state index contributed by atoms with van der Waals surface area (Å²) in [5.74, 6) is -1.34. The second kappa shape index (κ2) is 8.78. The minimum atomic E-state index is -0.536. The lowest BCUT2D eigenvalue weighted by Gasteiger charge is -2.13. The molecule has 0 saturated heterocycles. The van der Waals surface area contributed by atoms with E-state index in [0.29, 0.717) is 46.7 Å². The summed E-state index contributed by atoms with van der Waals surface area (Å²) in [6.45, 7) is 0.564. The van der Waals surface area contributed by atoms with Crippen molar-refractivity contribution in [3.05, 3.63) is 76.0 Å². The van der Waals surface area contributed by atoms with Crippen LogP contribution < -0.4 is 21.3 Å². The van der Waals surface area contributed by atoms with Gasteiger partial charge in [-0.25, -0.2) is 9.98 Å². The van der Waals surface area contributed by atoms with E-state index in [1.165, 1.54) is 25.4 Å². The molecule has 1 aromatic heterocycles. The molecule has 0 saturated carbocycles. The van der Waals surface area contributed by atoms with Crippen LogP contribution in [0.15, 0.2) is 47.5 Å². The molecule has 3 heterocycles. The average Bonchev–Trinajstić information content (AvgIpc) is 3.49. The Hall–Kier alpha value is -4.93. The number of anilines is 3. The average molecular weight is 469 g/mol. The van der Waals surface area contributed by atoms with Gasteiger partial charge in [0.05, 0.1) is 16.8 Å². The summed E-state index contributed by atoms with van der Waals surface area (Å²) in [5.41, 5.74) is 2.60. The van der Waals surface area contributed by atoms with Gasteiger partial charge in [0.1, 0.15) is 11.5 Å². The summed E-state index contributed by atoms with van der Waals surface area (Å²) in [7, 11) is 1.50. The number of amides is 4. The van der Waals surface area contributed by atoms with E-state index in [0.717, 1.165) is 0 Å². The summed E-state index contributed by atoms with van der Waals surface area (Å²) in [5, 5.41) is 11.0. The lowest BCUT2D eigenvalue weighted by molar-refractivity contribution is 0.0961. The summed E-state index contributed by atoms with van der Waals surface area (Å²) in [6.07, 6.45) is 1.94. The van der Waals surface area contributed by atoms with E-state index < -0.39 is 11.8 Å². The van der Waals surface area contributed by atoms with Crippen LogP contribution in [0.5, 0.6) is 0 Å². The topological polar surface area (TPSA) is 155 Å². The number of aliphatic imine (C=N–C) groups is 1. The second-order valence-electron chi connectivity index (χ2n) is 7.80. The lowest BCUT2D eigenvalue weighted by atomic mass is 10.1. The van der Waals surface area contributed by atoms with Crippen LogP contribution in [0.1, 0.15) is 52.7 Å². The van der Waals surface area contributed by atoms with Crippen LogP contribution >= 0.6 is 0 Å². The third kappa shape index (κ3) is 4.10. The largest absolute Gasteiger partial charge is 0.369 e. The van der Waals surface area contributed by atoms with Crippen LogP contribution in [0, 0.1) is 0 Å². The molecular weight excluding hydrogens is 450 g/mol. The molecule has 2 aliphatic rings. The van der Waals surface area contributed by atoms with Crippen LogP contribution in [0.2, 0.25) is 0 Å². The smallest absolute Gasteiger partial charge is 0.277 e. The van der Waals surface area contributed by atoms with Crippen molar-refractivity contribution in [2.75, 3.05) is 29.5 Å². The van der Waals surface area contributed by atoms with Crippen molar-refractivity contribution < 1.29 is 19.2 Å². The Morgan fingerprint density at radius 1 is 0.971 bits per heavy atom. The summed E-state index contributed by atoms with van der Waals surface area (Å²) >= 11 is 0. The molecule has 5 rings (SSSR count). The number of para-hydroxylation sites is 1. The number of nitrogens with one attached hydrogen (secondary N) is 4. The molecule has 4 N–H and O–H groups in total.